The van der Waals surface area contributed by atoms with Crippen molar-refractivity contribution in [2.45, 2.75) is 31.8 Å². The van der Waals surface area contributed by atoms with Crippen molar-refractivity contribution in [1.82, 2.24) is 15.5 Å². The van der Waals surface area contributed by atoms with Gasteiger partial charge in [0.05, 0.1) is 11.6 Å². The van der Waals surface area contributed by atoms with Crippen LogP contribution < -0.4 is 11.1 Å². The molecule has 2 atom stereocenters. The summed E-state index contributed by atoms with van der Waals surface area (Å²) in [6.45, 7) is 3.68. The van der Waals surface area contributed by atoms with Crippen LogP contribution in [0.5, 0.6) is 0 Å². The summed E-state index contributed by atoms with van der Waals surface area (Å²) in [7, 11) is 0. The zero-order chi connectivity index (χ0) is 24.3. The van der Waals surface area contributed by atoms with Crippen LogP contribution in [0.2, 0.25) is 0 Å². The third-order valence-corrected chi connectivity index (χ3v) is 5.91. The molecule has 8 heteroatoms. The molecule has 0 saturated carbocycles. The fourth-order valence-corrected chi connectivity index (χ4v) is 4.12. The summed E-state index contributed by atoms with van der Waals surface area (Å²) in [5.74, 6) is -0.0361. The van der Waals surface area contributed by atoms with Crippen molar-refractivity contribution < 1.29 is 13.6 Å². The Morgan fingerprint density at radius 3 is 2.53 bits per heavy atom. The lowest BCUT2D eigenvalue weighted by molar-refractivity contribution is 0.0940. The molecule has 4 aromatic rings. The zero-order valence-corrected chi connectivity index (χ0v) is 20.3. The molecule has 3 aromatic carbocycles. The molecule has 174 valence electrons. The van der Waals surface area contributed by atoms with Gasteiger partial charge in [-0.05, 0) is 61.7 Å². The van der Waals surface area contributed by atoms with Gasteiger partial charge in [0.25, 0.3) is 5.91 Å². The van der Waals surface area contributed by atoms with E-state index in [0.717, 1.165) is 11.1 Å². The molecule has 1 aromatic heterocycles. The largest absolute Gasteiger partial charge is 0.419 e. The minimum absolute atomic E-state index is 0.265. The standard InChI is InChI=1S/C26H24BrFN4O2/c1-16(18-8-10-22(28)11-9-18)30-23(33)19-12-20(14-21(27)13-19)24-31-32-25(34-24)26(2,29)15-17-6-4-3-5-7-17/h3-14,16H,15,29H2,1-2H3,(H,30,33)/t16-,26+/m1/s1. The molecule has 0 aliphatic carbocycles. The zero-order valence-electron chi connectivity index (χ0n) is 18.8. The Morgan fingerprint density at radius 1 is 1.12 bits per heavy atom. The van der Waals surface area contributed by atoms with Crippen molar-refractivity contribution in [1.29, 1.82) is 0 Å². The van der Waals surface area contributed by atoms with Gasteiger partial charge in [-0.3, -0.25) is 4.79 Å². The highest BCUT2D eigenvalue weighted by molar-refractivity contribution is 9.10. The molecule has 0 radical (unpaired) electrons. The van der Waals surface area contributed by atoms with Gasteiger partial charge >= 0.3 is 0 Å². The molecular weight excluding hydrogens is 499 g/mol. The highest BCUT2D eigenvalue weighted by Crippen LogP contribution is 2.28. The van der Waals surface area contributed by atoms with Gasteiger partial charge in [0.2, 0.25) is 11.8 Å². The van der Waals surface area contributed by atoms with Crippen molar-refractivity contribution in [2.75, 3.05) is 0 Å². The number of rotatable bonds is 7. The van der Waals surface area contributed by atoms with Crippen LogP contribution in [0, 0.1) is 5.82 Å². The quantitative estimate of drug-likeness (QED) is 0.332. The Hall–Kier alpha value is -3.36. The second-order valence-corrected chi connectivity index (χ2v) is 9.38. The Balaban J connectivity index is 1.53. The summed E-state index contributed by atoms with van der Waals surface area (Å²) in [5, 5.41) is 11.3. The first-order valence-electron chi connectivity index (χ1n) is 10.8. The summed E-state index contributed by atoms with van der Waals surface area (Å²) in [6.07, 6.45) is 0.531. The highest BCUT2D eigenvalue weighted by atomic mass is 79.9. The predicted molar refractivity (Wildman–Crippen MR) is 131 cm³/mol. The molecular formula is C26H24BrFN4O2. The fraction of sp³-hybridized carbons (Fsp3) is 0.192. The van der Waals surface area contributed by atoms with E-state index < -0.39 is 5.54 Å². The number of halogens is 2. The predicted octanol–water partition coefficient (Wildman–Crippen LogP) is 5.55. The van der Waals surface area contributed by atoms with Crippen LogP contribution in [0.25, 0.3) is 11.5 Å². The van der Waals surface area contributed by atoms with Gasteiger partial charge in [-0.2, -0.15) is 0 Å². The van der Waals surface area contributed by atoms with Crippen LogP contribution in [0.4, 0.5) is 4.39 Å². The van der Waals surface area contributed by atoms with Gasteiger partial charge < -0.3 is 15.5 Å². The smallest absolute Gasteiger partial charge is 0.251 e. The van der Waals surface area contributed by atoms with Crippen LogP contribution in [-0.2, 0) is 12.0 Å². The number of amides is 1. The van der Waals surface area contributed by atoms with Gasteiger partial charge in [-0.15, -0.1) is 10.2 Å². The fourth-order valence-electron chi connectivity index (χ4n) is 3.63. The van der Waals surface area contributed by atoms with Crippen LogP contribution in [0.3, 0.4) is 0 Å². The molecule has 3 N–H and O–H groups in total. The molecule has 0 saturated heterocycles. The van der Waals surface area contributed by atoms with Crippen LogP contribution in [-0.4, -0.2) is 16.1 Å². The molecule has 0 spiro atoms. The van der Waals surface area contributed by atoms with Crippen molar-refractivity contribution in [3.05, 3.63) is 106 Å². The number of aromatic nitrogens is 2. The minimum atomic E-state index is -0.858. The summed E-state index contributed by atoms with van der Waals surface area (Å²) in [5.41, 5.74) is 8.50. The maximum absolute atomic E-state index is 13.2. The first kappa shape index (κ1) is 23.8. The second-order valence-electron chi connectivity index (χ2n) is 8.47. The summed E-state index contributed by atoms with van der Waals surface area (Å²) >= 11 is 3.45. The van der Waals surface area contributed by atoms with E-state index in [1.807, 2.05) is 44.2 Å². The molecule has 6 nitrogen and oxygen atoms in total. The van der Waals surface area contributed by atoms with E-state index in [0.29, 0.717) is 27.9 Å². The first-order chi connectivity index (χ1) is 16.2. The summed E-state index contributed by atoms with van der Waals surface area (Å²) in [6, 6.07) is 20.7. The van der Waals surface area contributed by atoms with E-state index >= 15 is 0 Å². The number of carbonyl (C=O) groups excluding carboxylic acids is 1. The monoisotopic (exact) mass is 522 g/mol. The normalized spacial score (nSPS) is 13.8. The Labute approximate surface area is 205 Å². The maximum Gasteiger partial charge on any atom is 0.251 e. The van der Waals surface area contributed by atoms with E-state index in [2.05, 4.69) is 31.4 Å². The molecule has 0 unspecified atom stereocenters. The number of carbonyl (C=O) groups is 1. The number of nitrogens with two attached hydrogens (primary N) is 1. The average molecular weight is 523 g/mol. The number of nitrogens with one attached hydrogen (secondary N) is 1. The van der Waals surface area contributed by atoms with Crippen molar-refractivity contribution in [3.8, 4) is 11.5 Å². The number of hydrogen-bond donors (Lipinski definition) is 2. The Kier molecular flexibility index (Phi) is 6.90. The third kappa shape index (κ3) is 5.58. The molecule has 1 amide bonds. The van der Waals surface area contributed by atoms with Gasteiger partial charge in [-0.25, -0.2) is 4.39 Å². The lowest BCUT2D eigenvalue weighted by Crippen LogP contribution is -2.35. The number of hydrogen-bond acceptors (Lipinski definition) is 5. The highest BCUT2D eigenvalue weighted by Gasteiger charge is 2.29. The van der Waals surface area contributed by atoms with Crippen LogP contribution >= 0.6 is 15.9 Å². The van der Waals surface area contributed by atoms with Gasteiger partial charge in [0.1, 0.15) is 5.82 Å². The average Bonchev–Trinajstić information content (AvgIpc) is 3.31. The Bertz CT molecular complexity index is 1290. The molecule has 0 bridgehead atoms. The third-order valence-electron chi connectivity index (χ3n) is 5.45. The molecule has 4 rings (SSSR count). The summed E-state index contributed by atoms with van der Waals surface area (Å²) in [4.78, 5) is 12.9. The Morgan fingerprint density at radius 2 is 1.82 bits per heavy atom. The van der Waals surface area contributed by atoms with Crippen LogP contribution in [0.15, 0.2) is 81.7 Å². The van der Waals surface area contributed by atoms with E-state index in [1.165, 1.54) is 12.1 Å². The maximum atomic E-state index is 13.2. The van der Waals surface area contributed by atoms with E-state index in [-0.39, 0.29) is 23.7 Å². The second kappa shape index (κ2) is 9.87. The van der Waals surface area contributed by atoms with Gasteiger partial charge in [0, 0.05) is 15.6 Å². The van der Waals surface area contributed by atoms with Crippen molar-refractivity contribution in [3.63, 3.8) is 0 Å². The molecule has 34 heavy (non-hydrogen) atoms. The van der Waals surface area contributed by atoms with Crippen molar-refractivity contribution >= 4 is 21.8 Å². The lowest BCUT2D eigenvalue weighted by atomic mass is 9.94. The van der Waals surface area contributed by atoms with E-state index in [1.54, 1.807) is 30.3 Å². The van der Waals surface area contributed by atoms with Crippen molar-refractivity contribution in [2.24, 2.45) is 5.73 Å². The van der Waals surface area contributed by atoms with Gasteiger partial charge in [-0.1, -0.05) is 58.4 Å². The van der Waals surface area contributed by atoms with Gasteiger partial charge in [0.15, 0.2) is 0 Å². The summed E-state index contributed by atoms with van der Waals surface area (Å²) < 4.78 is 19.8. The van der Waals surface area contributed by atoms with Crippen LogP contribution in [0.1, 0.15) is 47.3 Å². The minimum Gasteiger partial charge on any atom is -0.419 e. The topological polar surface area (TPSA) is 94.0 Å². The molecule has 1 heterocycles. The number of benzene rings is 3. The molecule has 0 aliphatic rings. The number of nitrogens with zero attached hydrogens (tertiary/aromatic N) is 2. The lowest BCUT2D eigenvalue weighted by Gasteiger charge is -2.20. The van der Waals surface area contributed by atoms with E-state index in [4.69, 9.17) is 10.2 Å². The molecule has 0 fully saturated rings. The SMILES string of the molecule is C[C@@H](NC(=O)c1cc(Br)cc(-c2nnc([C@@](C)(N)Cc3ccccc3)o2)c1)c1ccc(F)cc1. The first-order valence-corrected chi connectivity index (χ1v) is 11.5. The van der Waals surface area contributed by atoms with E-state index in [9.17, 15) is 9.18 Å². The molecule has 0 aliphatic heterocycles.